The predicted molar refractivity (Wildman–Crippen MR) is 58.8 cm³/mol. The lowest BCUT2D eigenvalue weighted by molar-refractivity contribution is 0.614. The summed E-state index contributed by atoms with van der Waals surface area (Å²) in [4.78, 5) is 4.30. The second kappa shape index (κ2) is 3.93. The molecule has 0 amide bonds. The molecule has 0 spiro atoms. The van der Waals surface area contributed by atoms with Crippen molar-refractivity contribution in [3.8, 4) is 0 Å². The summed E-state index contributed by atoms with van der Waals surface area (Å²) in [7, 11) is 0. The van der Waals surface area contributed by atoms with Gasteiger partial charge >= 0.3 is 0 Å². The maximum atomic E-state index is 5.84. The Hall–Kier alpha value is -1.15. The standard InChI is InChI=1S/C12H16N2/c1-9-2-3-11(8-14-9)10-4-6-12(13)7-5-10/h2-4,8,12H,5-7,13H2,1H3. The van der Waals surface area contributed by atoms with Gasteiger partial charge in [-0.25, -0.2) is 0 Å². The first-order chi connectivity index (χ1) is 6.75. The van der Waals surface area contributed by atoms with Gasteiger partial charge in [-0.05, 0) is 43.4 Å². The Bertz CT molecular complexity index is 338. The largest absolute Gasteiger partial charge is 0.327 e. The highest BCUT2D eigenvalue weighted by Crippen LogP contribution is 2.25. The molecule has 1 atom stereocenters. The van der Waals surface area contributed by atoms with E-state index in [9.17, 15) is 0 Å². The van der Waals surface area contributed by atoms with Crippen LogP contribution in [-0.2, 0) is 0 Å². The van der Waals surface area contributed by atoms with Crippen molar-refractivity contribution in [2.75, 3.05) is 0 Å². The fourth-order valence-electron chi connectivity index (χ4n) is 1.77. The third-order valence-corrected chi connectivity index (χ3v) is 2.73. The van der Waals surface area contributed by atoms with Crippen molar-refractivity contribution in [3.05, 3.63) is 35.7 Å². The third-order valence-electron chi connectivity index (χ3n) is 2.73. The molecule has 1 aromatic heterocycles. The Morgan fingerprint density at radius 2 is 2.29 bits per heavy atom. The molecule has 14 heavy (non-hydrogen) atoms. The van der Waals surface area contributed by atoms with Gasteiger partial charge in [-0.2, -0.15) is 0 Å². The van der Waals surface area contributed by atoms with E-state index in [0.717, 1.165) is 25.0 Å². The van der Waals surface area contributed by atoms with E-state index in [2.05, 4.69) is 23.2 Å². The molecule has 74 valence electrons. The first-order valence-corrected chi connectivity index (χ1v) is 5.13. The van der Waals surface area contributed by atoms with E-state index in [0.29, 0.717) is 6.04 Å². The van der Waals surface area contributed by atoms with Crippen LogP contribution in [0.3, 0.4) is 0 Å². The zero-order valence-corrected chi connectivity index (χ0v) is 8.53. The highest BCUT2D eigenvalue weighted by atomic mass is 14.7. The molecule has 1 heterocycles. The quantitative estimate of drug-likeness (QED) is 0.734. The Labute approximate surface area is 84.9 Å². The normalized spacial score (nSPS) is 21.9. The molecular formula is C12H16N2. The summed E-state index contributed by atoms with van der Waals surface area (Å²) in [5.41, 5.74) is 9.56. The molecule has 0 radical (unpaired) electrons. The van der Waals surface area contributed by atoms with Crippen molar-refractivity contribution in [1.29, 1.82) is 0 Å². The SMILES string of the molecule is Cc1ccc(C2=CCC(N)CC2)cn1. The summed E-state index contributed by atoms with van der Waals surface area (Å²) in [5.74, 6) is 0. The molecule has 0 saturated heterocycles. The van der Waals surface area contributed by atoms with Crippen LogP contribution >= 0.6 is 0 Å². The monoisotopic (exact) mass is 188 g/mol. The first kappa shape index (κ1) is 9.41. The number of aromatic nitrogens is 1. The van der Waals surface area contributed by atoms with E-state index >= 15 is 0 Å². The minimum atomic E-state index is 0.358. The smallest absolute Gasteiger partial charge is 0.0373 e. The molecule has 0 bridgehead atoms. The lowest BCUT2D eigenvalue weighted by atomic mass is 9.92. The van der Waals surface area contributed by atoms with Gasteiger partial charge in [-0.3, -0.25) is 4.98 Å². The second-order valence-electron chi connectivity index (χ2n) is 3.95. The molecular weight excluding hydrogens is 172 g/mol. The van der Waals surface area contributed by atoms with E-state index < -0.39 is 0 Å². The summed E-state index contributed by atoms with van der Waals surface area (Å²) < 4.78 is 0. The van der Waals surface area contributed by atoms with Crippen LogP contribution in [0.5, 0.6) is 0 Å². The average Bonchev–Trinajstić information content (AvgIpc) is 2.21. The molecule has 0 aromatic carbocycles. The number of nitrogens with two attached hydrogens (primary N) is 1. The molecule has 1 aliphatic rings. The van der Waals surface area contributed by atoms with Crippen molar-refractivity contribution in [2.45, 2.75) is 32.2 Å². The van der Waals surface area contributed by atoms with Crippen molar-refractivity contribution in [3.63, 3.8) is 0 Å². The second-order valence-corrected chi connectivity index (χ2v) is 3.95. The van der Waals surface area contributed by atoms with Gasteiger partial charge in [0.1, 0.15) is 0 Å². The Morgan fingerprint density at radius 3 is 2.86 bits per heavy atom. The fourth-order valence-corrected chi connectivity index (χ4v) is 1.77. The maximum absolute atomic E-state index is 5.84. The van der Waals surface area contributed by atoms with E-state index in [1.165, 1.54) is 11.1 Å². The van der Waals surface area contributed by atoms with Gasteiger partial charge in [0.2, 0.25) is 0 Å². The van der Waals surface area contributed by atoms with E-state index in [1.54, 1.807) is 0 Å². The van der Waals surface area contributed by atoms with Crippen molar-refractivity contribution in [2.24, 2.45) is 5.73 Å². The van der Waals surface area contributed by atoms with Gasteiger partial charge in [0.25, 0.3) is 0 Å². The molecule has 0 fully saturated rings. The predicted octanol–water partition coefficient (Wildman–Crippen LogP) is 2.28. The Morgan fingerprint density at radius 1 is 1.43 bits per heavy atom. The van der Waals surface area contributed by atoms with Crippen molar-refractivity contribution < 1.29 is 0 Å². The van der Waals surface area contributed by atoms with Crippen molar-refractivity contribution >= 4 is 5.57 Å². The van der Waals surface area contributed by atoms with Gasteiger partial charge in [0, 0.05) is 17.9 Å². The molecule has 2 nitrogen and oxygen atoms in total. The van der Waals surface area contributed by atoms with E-state index in [4.69, 9.17) is 5.73 Å². The average molecular weight is 188 g/mol. The van der Waals surface area contributed by atoms with Crippen LogP contribution < -0.4 is 5.73 Å². The molecule has 0 saturated carbocycles. The number of aryl methyl sites for hydroxylation is 1. The van der Waals surface area contributed by atoms with Crippen LogP contribution in [0, 0.1) is 6.92 Å². The molecule has 2 heteroatoms. The Kier molecular flexibility index (Phi) is 2.64. The van der Waals surface area contributed by atoms with E-state index in [-0.39, 0.29) is 0 Å². The summed E-state index contributed by atoms with van der Waals surface area (Å²) in [6.45, 7) is 2.01. The zero-order chi connectivity index (χ0) is 9.97. The molecule has 2 N–H and O–H groups in total. The summed E-state index contributed by atoms with van der Waals surface area (Å²) >= 11 is 0. The summed E-state index contributed by atoms with van der Waals surface area (Å²) in [6, 6.07) is 4.56. The van der Waals surface area contributed by atoms with Crippen LogP contribution in [0.15, 0.2) is 24.4 Å². The van der Waals surface area contributed by atoms with Gasteiger partial charge in [-0.15, -0.1) is 0 Å². The molecule has 1 unspecified atom stereocenters. The van der Waals surface area contributed by atoms with Crippen LogP contribution in [0.1, 0.15) is 30.5 Å². The molecule has 2 rings (SSSR count). The summed E-state index contributed by atoms with van der Waals surface area (Å²) in [6.07, 6.45) is 7.40. The molecule has 1 aromatic rings. The van der Waals surface area contributed by atoms with Gasteiger partial charge in [0.05, 0.1) is 0 Å². The lowest BCUT2D eigenvalue weighted by Crippen LogP contribution is -2.21. The molecule has 1 aliphatic carbocycles. The van der Waals surface area contributed by atoms with Gasteiger partial charge in [0.15, 0.2) is 0 Å². The Balaban J connectivity index is 2.19. The minimum Gasteiger partial charge on any atom is -0.327 e. The fraction of sp³-hybridized carbons (Fsp3) is 0.417. The number of pyridine rings is 1. The topological polar surface area (TPSA) is 38.9 Å². The third kappa shape index (κ3) is 2.02. The number of hydrogen-bond donors (Lipinski definition) is 1. The first-order valence-electron chi connectivity index (χ1n) is 5.13. The lowest BCUT2D eigenvalue weighted by Gasteiger charge is -2.18. The number of allylic oxidation sites excluding steroid dienone is 1. The number of nitrogens with zero attached hydrogens (tertiary/aromatic N) is 1. The van der Waals surface area contributed by atoms with Crippen molar-refractivity contribution in [1.82, 2.24) is 4.98 Å². The van der Waals surface area contributed by atoms with Crippen LogP contribution in [0.4, 0.5) is 0 Å². The minimum absolute atomic E-state index is 0.358. The van der Waals surface area contributed by atoms with Gasteiger partial charge in [-0.1, -0.05) is 12.1 Å². The van der Waals surface area contributed by atoms with Crippen LogP contribution in [0.25, 0.3) is 5.57 Å². The number of hydrogen-bond acceptors (Lipinski definition) is 2. The highest BCUT2D eigenvalue weighted by Gasteiger charge is 2.11. The van der Waals surface area contributed by atoms with Crippen LogP contribution in [0.2, 0.25) is 0 Å². The highest BCUT2D eigenvalue weighted by molar-refractivity contribution is 5.65. The van der Waals surface area contributed by atoms with Crippen LogP contribution in [-0.4, -0.2) is 11.0 Å². The number of rotatable bonds is 1. The molecule has 0 aliphatic heterocycles. The van der Waals surface area contributed by atoms with Gasteiger partial charge < -0.3 is 5.73 Å². The maximum Gasteiger partial charge on any atom is 0.0373 e. The van der Waals surface area contributed by atoms with E-state index in [1.807, 2.05) is 13.1 Å². The zero-order valence-electron chi connectivity index (χ0n) is 8.53. The summed E-state index contributed by atoms with van der Waals surface area (Å²) in [5, 5.41) is 0.